The Morgan fingerprint density at radius 2 is 1.69 bits per heavy atom. The number of carbonyl (C=O) groups is 3. The van der Waals surface area contributed by atoms with Crippen molar-refractivity contribution in [2.75, 3.05) is 11.9 Å². The van der Waals surface area contributed by atoms with Crippen LogP contribution in [0.1, 0.15) is 28.4 Å². The predicted octanol–water partition coefficient (Wildman–Crippen LogP) is 2.60. The lowest BCUT2D eigenvalue weighted by molar-refractivity contribution is -0.152. The van der Waals surface area contributed by atoms with Gasteiger partial charge in [0.2, 0.25) is 0 Å². The summed E-state index contributed by atoms with van der Waals surface area (Å²) in [6.45, 7) is 4.99. The molecule has 2 aromatic rings. The highest BCUT2D eigenvalue weighted by atomic mass is 16.5. The van der Waals surface area contributed by atoms with Crippen LogP contribution in [0.3, 0.4) is 0 Å². The molecule has 26 heavy (non-hydrogen) atoms. The van der Waals surface area contributed by atoms with Gasteiger partial charge in [-0.25, -0.2) is 0 Å². The summed E-state index contributed by atoms with van der Waals surface area (Å²) < 4.78 is 5.05. The molecule has 0 heterocycles. The van der Waals surface area contributed by atoms with Crippen molar-refractivity contribution in [3.8, 4) is 0 Å². The molecule has 0 aliphatic heterocycles. The first-order chi connectivity index (χ1) is 12.3. The molecule has 0 aliphatic carbocycles. The number of anilines is 1. The zero-order valence-corrected chi connectivity index (χ0v) is 15.0. The minimum Gasteiger partial charge on any atom is -0.451 e. The van der Waals surface area contributed by atoms with Crippen molar-refractivity contribution < 1.29 is 19.1 Å². The third kappa shape index (κ3) is 5.73. The van der Waals surface area contributed by atoms with E-state index < -0.39 is 18.0 Å². The largest absolute Gasteiger partial charge is 0.451 e. The molecular formula is C20H22N2O4. The van der Waals surface area contributed by atoms with Gasteiger partial charge in [-0.15, -0.1) is 0 Å². The Balaban J connectivity index is 1.80. The van der Waals surface area contributed by atoms with Gasteiger partial charge in [-0.05, 0) is 45.0 Å². The molecule has 0 spiro atoms. The van der Waals surface area contributed by atoms with Crippen molar-refractivity contribution in [1.29, 1.82) is 0 Å². The van der Waals surface area contributed by atoms with E-state index >= 15 is 0 Å². The summed E-state index contributed by atoms with van der Waals surface area (Å²) in [6, 6.07) is 14.3. The standard InChI is InChI=1S/C20H22N2O4/c1-13-7-9-17(10-8-13)22-19(24)15(3)26-18(23)12-21-20(25)16-6-4-5-14(2)11-16/h4-11,15H,12H2,1-3H3,(H,21,25)(H,22,24)/t15-/m0/s1. The quantitative estimate of drug-likeness (QED) is 0.781. The highest BCUT2D eigenvalue weighted by molar-refractivity contribution is 5.97. The van der Waals surface area contributed by atoms with Crippen LogP contribution in [-0.2, 0) is 14.3 Å². The predicted molar refractivity (Wildman–Crippen MR) is 98.9 cm³/mol. The molecule has 6 nitrogen and oxygen atoms in total. The van der Waals surface area contributed by atoms with Gasteiger partial charge in [0.25, 0.3) is 11.8 Å². The van der Waals surface area contributed by atoms with Gasteiger partial charge in [-0.1, -0.05) is 35.4 Å². The maximum absolute atomic E-state index is 12.1. The number of nitrogens with one attached hydrogen (secondary N) is 2. The average Bonchev–Trinajstić information content (AvgIpc) is 2.61. The van der Waals surface area contributed by atoms with Crippen molar-refractivity contribution in [2.24, 2.45) is 0 Å². The molecule has 0 fully saturated rings. The number of aryl methyl sites for hydroxylation is 2. The van der Waals surface area contributed by atoms with E-state index in [1.165, 1.54) is 6.92 Å². The summed E-state index contributed by atoms with van der Waals surface area (Å²) in [7, 11) is 0. The van der Waals surface area contributed by atoms with Crippen LogP contribution in [-0.4, -0.2) is 30.4 Å². The second-order valence-corrected chi connectivity index (χ2v) is 6.04. The fourth-order valence-corrected chi connectivity index (χ4v) is 2.21. The Hall–Kier alpha value is -3.15. The molecule has 0 aliphatic rings. The number of hydrogen-bond acceptors (Lipinski definition) is 4. The minimum absolute atomic E-state index is 0.311. The molecule has 136 valence electrons. The van der Waals surface area contributed by atoms with Gasteiger partial charge < -0.3 is 15.4 Å². The number of carbonyl (C=O) groups excluding carboxylic acids is 3. The van der Waals surface area contributed by atoms with Crippen LogP contribution in [0.4, 0.5) is 5.69 Å². The summed E-state index contributed by atoms with van der Waals surface area (Å²) >= 11 is 0. The van der Waals surface area contributed by atoms with Gasteiger partial charge in [0, 0.05) is 11.3 Å². The summed E-state index contributed by atoms with van der Waals surface area (Å²) in [5.41, 5.74) is 3.10. The van der Waals surface area contributed by atoms with E-state index in [1.807, 2.05) is 32.0 Å². The molecule has 0 saturated heterocycles. The Bertz CT molecular complexity index is 800. The Morgan fingerprint density at radius 3 is 2.35 bits per heavy atom. The molecule has 0 unspecified atom stereocenters. The zero-order chi connectivity index (χ0) is 19.1. The summed E-state index contributed by atoms with van der Waals surface area (Å²) in [5, 5.41) is 5.15. The monoisotopic (exact) mass is 354 g/mol. The van der Waals surface area contributed by atoms with Gasteiger partial charge in [-0.2, -0.15) is 0 Å². The van der Waals surface area contributed by atoms with Crippen LogP contribution in [0.5, 0.6) is 0 Å². The normalized spacial score (nSPS) is 11.3. The van der Waals surface area contributed by atoms with Crippen molar-refractivity contribution in [2.45, 2.75) is 26.9 Å². The van der Waals surface area contributed by atoms with Gasteiger partial charge in [-0.3, -0.25) is 14.4 Å². The number of rotatable bonds is 6. The van der Waals surface area contributed by atoms with Crippen molar-refractivity contribution in [1.82, 2.24) is 5.32 Å². The van der Waals surface area contributed by atoms with E-state index in [9.17, 15) is 14.4 Å². The molecule has 0 radical (unpaired) electrons. The fraction of sp³-hybridized carbons (Fsp3) is 0.250. The van der Waals surface area contributed by atoms with E-state index in [-0.39, 0.29) is 12.5 Å². The van der Waals surface area contributed by atoms with E-state index in [4.69, 9.17) is 4.74 Å². The zero-order valence-electron chi connectivity index (χ0n) is 15.0. The van der Waals surface area contributed by atoms with Crippen molar-refractivity contribution >= 4 is 23.5 Å². The second-order valence-electron chi connectivity index (χ2n) is 6.04. The lowest BCUT2D eigenvalue weighted by Gasteiger charge is -2.14. The van der Waals surface area contributed by atoms with E-state index in [2.05, 4.69) is 10.6 Å². The summed E-state index contributed by atoms with van der Waals surface area (Å²) in [4.78, 5) is 35.9. The topological polar surface area (TPSA) is 84.5 Å². The number of hydrogen-bond donors (Lipinski definition) is 2. The Labute approximate surface area is 152 Å². The molecule has 6 heteroatoms. The van der Waals surface area contributed by atoms with E-state index in [0.29, 0.717) is 11.3 Å². The van der Waals surface area contributed by atoms with Gasteiger partial charge >= 0.3 is 5.97 Å². The smallest absolute Gasteiger partial charge is 0.326 e. The molecule has 0 bridgehead atoms. The molecule has 2 amide bonds. The number of amides is 2. The maximum Gasteiger partial charge on any atom is 0.326 e. The van der Waals surface area contributed by atoms with Gasteiger partial charge in [0.1, 0.15) is 6.54 Å². The molecular weight excluding hydrogens is 332 g/mol. The molecule has 1 atom stereocenters. The second kappa shape index (κ2) is 8.80. The first-order valence-corrected chi connectivity index (χ1v) is 8.27. The molecule has 2 aromatic carbocycles. The van der Waals surface area contributed by atoms with Gasteiger partial charge in [0.15, 0.2) is 6.10 Å². The van der Waals surface area contributed by atoms with Crippen LogP contribution in [0.25, 0.3) is 0 Å². The number of benzene rings is 2. The molecule has 0 aromatic heterocycles. The Kier molecular flexibility index (Phi) is 6.49. The first-order valence-electron chi connectivity index (χ1n) is 8.27. The SMILES string of the molecule is Cc1ccc(NC(=O)[C@H](C)OC(=O)CNC(=O)c2cccc(C)c2)cc1. The van der Waals surface area contributed by atoms with E-state index in [1.54, 1.807) is 30.3 Å². The van der Waals surface area contributed by atoms with E-state index in [0.717, 1.165) is 11.1 Å². The lowest BCUT2D eigenvalue weighted by atomic mass is 10.1. The molecule has 2 rings (SSSR count). The fourth-order valence-electron chi connectivity index (χ4n) is 2.21. The maximum atomic E-state index is 12.1. The van der Waals surface area contributed by atoms with Crippen LogP contribution >= 0.6 is 0 Å². The summed E-state index contributed by atoms with van der Waals surface area (Å²) in [5.74, 6) is -1.49. The molecule has 2 N–H and O–H groups in total. The number of esters is 1. The lowest BCUT2D eigenvalue weighted by Crippen LogP contribution is -2.35. The van der Waals surface area contributed by atoms with Gasteiger partial charge in [0.05, 0.1) is 0 Å². The van der Waals surface area contributed by atoms with Crippen molar-refractivity contribution in [3.63, 3.8) is 0 Å². The third-order valence-corrected chi connectivity index (χ3v) is 3.67. The third-order valence-electron chi connectivity index (χ3n) is 3.67. The number of ether oxygens (including phenoxy) is 1. The first kappa shape index (κ1) is 19.2. The van der Waals surface area contributed by atoms with Crippen LogP contribution < -0.4 is 10.6 Å². The highest BCUT2D eigenvalue weighted by Gasteiger charge is 2.18. The van der Waals surface area contributed by atoms with Crippen LogP contribution in [0, 0.1) is 13.8 Å². The van der Waals surface area contributed by atoms with Crippen LogP contribution in [0.15, 0.2) is 48.5 Å². The van der Waals surface area contributed by atoms with Crippen molar-refractivity contribution in [3.05, 3.63) is 65.2 Å². The summed E-state index contributed by atoms with van der Waals surface area (Å²) in [6.07, 6.45) is -0.973. The van der Waals surface area contributed by atoms with Crippen LogP contribution in [0.2, 0.25) is 0 Å². The Morgan fingerprint density at radius 1 is 1.00 bits per heavy atom. The average molecular weight is 354 g/mol. The highest BCUT2D eigenvalue weighted by Crippen LogP contribution is 2.09. The minimum atomic E-state index is -0.973. The molecule has 0 saturated carbocycles.